The van der Waals surface area contributed by atoms with Crippen LogP contribution >= 0.6 is 24.0 Å². The lowest BCUT2D eigenvalue weighted by Crippen LogP contribution is -2.46. The predicted molar refractivity (Wildman–Crippen MR) is 78.0 cm³/mol. The lowest BCUT2D eigenvalue weighted by atomic mass is 10.0. The SMILES string of the molecule is Cl.OC[C@H](c1cc(Cl)cc(C(F)(F)F)c1)N1CCNCC1. The van der Waals surface area contributed by atoms with Gasteiger partial charge in [0, 0.05) is 31.2 Å². The second-order valence-electron chi connectivity index (χ2n) is 4.76. The molecule has 0 unspecified atom stereocenters. The van der Waals surface area contributed by atoms with Crippen LogP contribution in [0.5, 0.6) is 0 Å². The van der Waals surface area contributed by atoms with Crippen molar-refractivity contribution < 1.29 is 18.3 Å². The minimum Gasteiger partial charge on any atom is -0.394 e. The molecular formula is C13H17Cl2F3N2O. The molecule has 0 amide bonds. The maximum atomic E-state index is 12.8. The fourth-order valence-corrected chi connectivity index (χ4v) is 2.64. The van der Waals surface area contributed by atoms with Gasteiger partial charge in [-0.1, -0.05) is 11.6 Å². The van der Waals surface area contributed by atoms with Crippen LogP contribution in [0.3, 0.4) is 0 Å². The molecule has 0 radical (unpaired) electrons. The highest BCUT2D eigenvalue weighted by Crippen LogP contribution is 2.34. The van der Waals surface area contributed by atoms with E-state index in [0.29, 0.717) is 18.7 Å². The van der Waals surface area contributed by atoms with Crippen molar-refractivity contribution in [3.63, 3.8) is 0 Å². The summed E-state index contributed by atoms with van der Waals surface area (Å²) in [6, 6.07) is 2.99. The fraction of sp³-hybridized carbons (Fsp3) is 0.538. The van der Waals surface area contributed by atoms with Gasteiger partial charge >= 0.3 is 6.18 Å². The number of aliphatic hydroxyl groups excluding tert-OH is 1. The predicted octanol–water partition coefficient (Wildman–Crippen LogP) is 2.72. The van der Waals surface area contributed by atoms with E-state index in [1.807, 2.05) is 4.90 Å². The maximum absolute atomic E-state index is 12.8. The van der Waals surface area contributed by atoms with Crippen molar-refractivity contribution in [2.45, 2.75) is 12.2 Å². The Morgan fingerprint density at radius 2 is 1.86 bits per heavy atom. The molecule has 1 atom stereocenters. The van der Waals surface area contributed by atoms with Gasteiger partial charge in [-0.05, 0) is 23.8 Å². The topological polar surface area (TPSA) is 35.5 Å². The van der Waals surface area contributed by atoms with E-state index in [-0.39, 0.29) is 24.0 Å². The molecule has 0 saturated carbocycles. The summed E-state index contributed by atoms with van der Waals surface area (Å²) in [6.07, 6.45) is -4.44. The molecule has 0 bridgehead atoms. The summed E-state index contributed by atoms with van der Waals surface area (Å²) in [5.41, 5.74) is -0.386. The quantitative estimate of drug-likeness (QED) is 0.884. The van der Waals surface area contributed by atoms with Crippen molar-refractivity contribution in [2.24, 2.45) is 0 Å². The summed E-state index contributed by atoms with van der Waals surface area (Å²) in [6.45, 7) is 2.63. The zero-order chi connectivity index (χ0) is 14.8. The van der Waals surface area contributed by atoms with Crippen LogP contribution in [-0.2, 0) is 6.18 Å². The molecule has 1 aromatic rings. The van der Waals surface area contributed by atoms with Gasteiger partial charge in [0.1, 0.15) is 0 Å². The Labute approximate surface area is 132 Å². The highest BCUT2D eigenvalue weighted by molar-refractivity contribution is 6.30. The Kier molecular flexibility index (Phi) is 6.74. The van der Waals surface area contributed by atoms with Crippen molar-refractivity contribution in [1.29, 1.82) is 0 Å². The Balaban J connectivity index is 0.00000220. The highest BCUT2D eigenvalue weighted by Gasteiger charge is 2.32. The normalized spacial score (nSPS) is 18.1. The third-order valence-corrected chi connectivity index (χ3v) is 3.62. The first-order valence-electron chi connectivity index (χ1n) is 6.35. The van der Waals surface area contributed by atoms with Crippen molar-refractivity contribution in [1.82, 2.24) is 10.2 Å². The van der Waals surface area contributed by atoms with Gasteiger partial charge in [0.05, 0.1) is 18.2 Å². The van der Waals surface area contributed by atoms with Gasteiger partial charge in [0.25, 0.3) is 0 Å². The van der Waals surface area contributed by atoms with Crippen molar-refractivity contribution in [3.8, 4) is 0 Å². The summed E-state index contributed by atoms with van der Waals surface area (Å²) in [5, 5.41) is 12.7. The van der Waals surface area contributed by atoms with E-state index in [4.69, 9.17) is 11.6 Å². The van der Waals surface area contributed by atoms with Gasteiger partial charge < -0.3 is 10.4 Å². The van der Waals surface area contributed by atoms with Crippen LogP contribution in [0.1, 0.15) is 17.2 Å². The molecule has 0 aromatic heterocycles. The first kappa shape index (κ1) is 18.5. The molecule has 2 rings (SSSR count). The zero-order valence-corrected chi connectivity index (χ0v) is 12.7. The molecule has 1 aromatic carbocycles. The van der Waals surface area contributed by atoms with Crippen molar-refractivity contribution >= 4 is 24.0 Å². The van der Waals surface area contributed by atoms with E-state index in [0.717, 1.165) is 25.2 Å². The lowest BCUT2D eigenvalue weighted by molar-refractivity contribution is -0.137. The number of halogens is 5. The third kappa shape index (κ3) is 4.72. The molecular weight excluding hydrogens is 328 g/mol. The summed E-state index contributed by atoms with van der Waals surface area (Å²) >= 11 is 5.78. The van der Waals surface area contributed by atoms with Gasteiger partial charge in [-0.15, -0.1) is 12.4 Å². The molecule has 1 saturated heterocycles. The molecule has 3 nitrogen and oxygen atoms in total. The number of hydrogen-bond donors (Lipinski definition) is 2. The average Bonchev–Trinajstić information content (AvgIpc) is 2.39. The first-order chi connectivity index (χ1) is 9.41. The number of rotatable bonds is 3. The molecule has 21 heavy (non-hydrogen) atoms. The number of alkyl halides is 3. The molecule has 0 aliphatic carbocycles. The zero-order valence-electron chi connectivity index (χ0n) is 11.2. The molecule has 2 N–H and O–H groups in total. The number of hydrogen-bond acceptors (Lipinski definition) is 3. The average molecular weight is 345 g/mol. The molecule has 1 aliphatic rings. The van der Waals surface area contributed by atoms with Crippen LogP contribution < -0.4 is 5.32 Å². The largest absolute Gasteiger partial charge is 0.416 e. The summed E-state index contributed by atoms with van der Waals surface area (Å²) in [5.74, 6) is 0. The second-order valence-corrected chi connectivity index (χ2v) is 5.19. The monoisotopic (exact) mass is 344 g/mol. The minimum absolute atomic E-state index is 0. The van der Waals surface area contributed by atoms with Crippen LogP contribution in [0, 0.1) is 0 Å². The Morgan fingerprint density at radius 1 is 1.24 bits per heavy atom. The fourth-order valence-electron chi connectivity index (χ4n) is 2.39. The lowest BCUT2D eigenvalue weighted by Gasteiger charge is -2.34. The van der Waals surface area contributed by atoms with E-state index in [1.54, 1.807) is 0 Å². The van der Waals surface area contributed by atoms with Gasteiger partial charge in [-0.3, -0.25) is 4.90 Å². The smallest absolute Gasteiger partial charge is 0.394 e. The number of nitrogens with zero attached hydrogens (tertiary/aromatic N) is 1. The van der Waals surface area contributed by atoms with Crippen LogP contribution in [0.2, 0.25) is 5.02 Å². The molecule has 0 spiro atoms. The van der Waals surface area contributed by atoms with Crippen LogP contribution in [0.25, 0.3) is 0 Å². The highest BCUT2D eigenvalue weighted by atomic mass is 35.5. The van der Waals surface area contributed by atoms with Crippen molar-refractivity contribution in [3.05, 3.63) is 34.3 Å². The van der Waals surface area contributed by atoms with E-state index in [2.05, 4.69) is 5.32 Å². The minimum atomic E-state index is -4.44. The van der Waals surface area contributed by atoms with Crippen LogP contribution in [0.4, 0.5) is 13.2 Å². The number of benzene rings is 1. The molecule has 8 heteroatoms. The number of nitrogens with one attached hydrogen (secondary N) is 1. The van der Waals surface area contributed by atoms with Crippen molar-refractivity contribution in [2.75, 3.05) is 32.8 Å². The maximum Gasteiger partial charge on any atom is 0.416 e. The summed E-state index contributed by atoms with van der Waals surface area (Å²) in [4.78, 5) is 1.96. The second kappa shape index (κ2) is 7.65. The molecule has 120 valence electrons. The van der Waals surface area contributed by atoms with E-state index in [1.165, 1.54) is 6.07 Å². The summed E-state index contributed by atoms with van der Waals surface area (Å²) in [7, 11) is 0. The van der Waals surface area contributed by atoms with Crippen LogP contribution in [0.15, 0.2) is 18.2 Å². The number of aliphatic hydroxyl groups is 1. The van der Waals surface area contributed by atoms with Gasteiger partial charge in [0.15, 0.2) is 0 Å². The van der Waals surface area contributed by atoms with Gasteiger partial charge in [0.2, 0.25) is 0 Å². The summed E-state index contributed by atoms with van der Waals surface area (Å²) < 4.78 is 38.4. The van der Waals surface area contributed by atoms with Crippen LogP contribution in [-0.4, -0.2) is 42.8 Å². The molecule has 1 aliphatic heterocycles. The van der Waals surface area contributed by atoms with E-state index >= 15 is 0 Å². The van der Waals surface area contributed by atoms with Gasteiger partial charge in [-0.25, -0.2) is 0 Å². The standard InChI is InChI=1S/C13H16ClF3N2O.ClH/c14-11-6-9(5-10(7-11)13(15,16)17)12(8-20)19-3-1-18-2-4-19;/h5-7,12,18,20H,1-4,8H2;1H/t12-;/m1./s1. The third-order valence-electron chi connectivity index (χ3n) is 3.40. The van der Waals surface area contributed by atoms with E-state index in [9.17, 15) is 18.3 Å². The Morgan fingerprint density at radius 3 is 2.38 bits per heavy atom. The van der Waals surface area contributed by atoms with E-state index < -0.39 is 17.8 Å². The van der Waals surface area contributed by atoms with Gasteiger partial charge in [-0.2, -0.15) is 13.2 Å². The Hall–Kier alpha value is -0.530. The molecule has 1 heterocycles. The first-order valence-corrected chi connectivity index (χ1v) is 6.73. The number of piperazine rings is 1. The Bertz CT molecular complexity index is 465. The molecule has 1 fully saturated rings.